The summed E-state index contributed by atoms with van der Waals surface area (Å²) in [6.07, 6.45) is 2.36. The summed E-state index contributed by atoms with van der Waals surface area (Å²) in [6, 6.07) is 15.2. The quantitative estimate of drug-likeness (QED) is 0.352. The number of hydrogen-bond acceptors (Lipinski definition) is 6. The number of nitrogens with zero attached hydrogens (tertiary/aromatic N) is 1. The normalized spacial score (nSPS) is 11.6. The molecular weight excluding hydrogens is 442 g/mol. The maximum Gasteiger partial charge on any atom is 0.239 e. The van der Waals surface area contributed by atoms with Crippen molar-refractivity contribution in [3.05, 3.63) is 53.9 Å². The minimum atomic E-state index is -0.334. The molecule has 1 unspecified atom stereocenters. The Morgan fingerprint density at radius 1 is 1.16 bits per heavy atom. The first-order valence-corrected chi connectivity index (χ1v) is 12.2. The maximum atomic E-state index is 12.7. The van der Waals surface area contributed by atoms with Gasteiger partial charge >= 0.3 is 0 Å². The molecule has 1 aromatic heterocycles. The third kappa shape index (κ3) is 6.58. The van der Waals surface area contributed by atoms with E-state index in [1.807, 2.05) is 60.8 Å². The number of rotatable bonds is 10. The molecule has 6 nitrogen and oxygen atoms in total. The van der Waals surface area contributed by atoms with Gasteiger partial charge in [-0.05, 0) is 43.7 Å². The van der Waals surface area contributed by atoms with Gasteiger partial charge in [0, 0.05) is 27.9 Å². The van der Waals surface area contributed by atoms with Gasteiger partial charge in [-0.15, -0.1) is 23.1 Å². The standard InChI is InChI=1S/C24H27N3O3S2/c1-4-5-13-22(28)25-17-9-8-10-18(14-17)32-16(2)23(29)27-24-26-20(15-31-24)19-11-6-7-12-21(19)30-3/h6-12,14-16H,4-5,13H2,1-3H3,(H,25,28)(H,26,27,29). The predicted octanol–water partition coefficient (Wildman–Crippen LogP) is 6.07. The Labute approximate surface area is 196 Å². The van der Waals surface area contributed by atoms with E-state index >= 15 is 0 Å². The first-order valence-electron chi connectivity index (χ1n) is 10.5. The van der Waals surface area contributed by atoms with Crippen LogP contribution in [0.1, 0.15) is 33.1 Å². The molecule has 8 heteroatoms. The zero-order valence-corrected chi connectivity index (χ0v) is 20.0. The number of thioether (sulfide) groups is 1. The van der Waals surface area contributed by atoms with Crippen LogP contribution in [0.2, 0.25) is 0 Å². The predicted molar refractivity (Wildman–Crippen MR) is 133 cm³/mol. The number of anilines is 2. The molecule has 0 saturated heterocycles. The summed E-state index contributed by atoms with van der Waals surface area (Å²) < 4.78 is 5.40. The second-order valence-corrected chi connectivity index (χ2v) is 9.44. The molecule has 0 saturated carbocycles. The van der Waals surface area contributed by atoms with Gasteiger partial charge in [-0.1, -0.05) is 31.5 Å². The lowest BCUT2D eigenvalue weighted by atomic mass is 10.1. The molecule has 32 heavy (non-hydrogen) atoms. The molecule has 0 aliphatic heterocycles. The van der Waals surface area contributed by atoms with Crippen LogP contribution in [0.5, 0.6) is 5.75 Å². The highest BCUT2D eigenvalue weighted by atomic mass is 32.2. The third-order valence-corrected chi connectivity index (χ3v) is 6.53. The smallest absolute Gasteiger partial charge is 0.239 e. The molecule has 1 atom stereocenters. The Balaban J connectivity index is 1.59. The fraction of sp³-hybridized carbons (Fsp3) is 0.292. The highest BCUT2D eigenvalue weighted by molar-refractivity contribution is 8.00. The van der Waals surface area contributed by atoms with Gasteiger partial charge < -0.3 is 15.4 Å². The van der Waals surface area contributed by atoms with Crippen LogP contribution in [0.15, 0.2) is 58.8 Å². The lowest BCUT2D eigenvalue weighted by Crippen LogP contribution is -2.22. The molecule has 0 bridgehead atoms. The summed E-state index contributed by atoms with van der Waals surface area (Å²) in [4.78, 5) is 30.1. The molecule has 0 aliphatic rings. The molecule has 2 aromatic carbocycles. The first kappa shape index (κ1) is 23.8. The minimum absolute atomic E-state index is 0.00871. The summed E-state index contributed by atoms with van der Waals surface area (Å²) in [5, 5.41) is 7.92. The number of carbonyl (C=O) groups is 2. The van der Waals surface area contributed by atoms with Crippen molar-refractivity contribution in [1.29, 1.82) is 0 Å². The van der Waals surface area contributed by atoms with Crippen molar-refractivity contribution in [3.8, 4) is 17.0 Å². The highest BCUT2D eigenvalue weighted by Gasteiger charge is 2.17. The van der Waals surface area contributed by atoms with Gasteiger partial charge in [0.15, 0.2) is 5.13 Å². The number of thiazole rings is 1. The van der Waals surface area contributed by atoms with Crippen LogP contribution in [0.3, 0.4) is 0 Å². The zero-order valence-electron chi connectivity index (χ0n) is 18.4. The molecule has 2 N–H and O–H groups in total. The molecule has 1 heterocycles. The van der Waals surface area contributed by atoms with Crippen molar-refractivity contribution in [2.45, 2.75) is 43.3 Å². The van der Waals surface area contributed by atoms with Crippen LogP contribution >= 0.6 is 23.1 Å². The van der Waals surface area contributed by atoms with Gasteiger partial charge in [0.25, 0.3) is 0 Å². The topological polar surface area (TPSA) is 80.3 Å². The van der Waals surface area contributed by atoms with E-state index in [2.05, 4.69) is 22.5 Å². The van der Waals surface area contributed by atoms with Crippen LogP contribution in [-0.4, -0.2) is 29.2 Å². The Bertz CT molecular complexity index is 1070. The van der Waals surface area contributed by atoms with Crippen molar-refractivity contribution in [2.24, 2.45) is 0 Å². The average Bonchev–Trinajstić information content (AvgIpc) is 3.26. The molecule has 3 aromatic rings. The summed E-state index contributed by atoms with van der Waals surface area (Å²) in [5.74, 6) is 0.615. The number of ether oxygens (including phenoxy) is 1. The number of unbranched alkanes of at least 4 members (excludes halogenated alkanes) is 1. The highest BCUT2D eigenvalue weighted by Crippen LogP contribution is 2.32. The second kappa shape index (κ2) is 11.7. The molecule has 2 amide bonds. The van der Waals surface area contributed by atoms with Crippen molar-refractivity contribution in [1.82, 2.24) is 4.98 Å². The van der Waals surface area contributed by atoms with Gasteiger partial charge in [0.2, 0.25) is 11.8 Å². The fourth-order valence-electron chi connectivity index (χ4n) is 2.98. The fourth-order valence-corrected chi connectivity index (χ4v) is 4.62. The van der Waals surface area contributed by atoms with Crippen molar-refractivity contribution in [2.75, 3.05) is 17.7 Å². The summed E-state index contributed by atoms with van der Waals surface area (Å²) in [6.45, 7) is 3.91. The van der Waals surface area contributed by atoms with E-state index in [-0.39, 0.29) is 17.1 Å². The third-order valence-electron chi connectivity index (χ3n) is 4.67. The van der Waals surface area contributed by atoms with E-state index < -0.39 is 0 Å². The maximum absolute atomic E-state index is 12.7. The number of amides is 2. The molecule has 168 valence electrons. The summed E-state index contributed by atoms with van der Waals surface area (Å²) >= 11 is 2.81. The average molecular weight is 470 g/mol. The van der Waals surface area contributed by atoms with E-state index in [1.54, 1.807) is 7.11 Å². The number of aromatic nitrogens is 1. The number of para-hydroxylation sites is 1. The molecule has 0 radical (unpaired) electrons. The molecule has 0 spiro atoms. The molecule has 3 rings (SSSR count). The van der Waals surface area contributed by atoms with E-state index in [0.29, 0.717) is 11.6 Å². The van der Waals surface area contributed by atoms with Gasteiger partial charge in [0.05, 0.1) is 18.1 Å². The van der Waals surface area contributed by atoms with Crippen LogP contribution in [-0.2, 0) is 9.59 Å². The van der Waals surface area contributed by atoms with Gasteiger partial charge in [-0.3, -0.25) is 9.59 Å². The number of nitrogens with one attached hydrogen (secondary N) is 2. The number of methoxy groups -OCH3 is 1. The number of carbonyl (C=O) groups excluding carboxylic acids is 2. The van der Waals surface area contributed by atoms with Gasteiger partial charge in [-0.2, -0.15) is 0 Å². The first-order chi connectivity index (χ1) is 15.5. The lowest BCUT2D eigenvalue weighted by Gasteiger charge is -2.12. The lowest BCUT2D eigenvalue weighted by molar-refractivity contribution is -0.116. The Hall–Kier alpha value is -2.84. The van der Waals surface area contributed by atoms with Crippen molar-refractivity contribution < 1.29 is 14.3 Å². The Morgan fingerprint density at radius 3 is 2.75 bits per heavy atom. The Morgan fingerprint density at radius 2 is 1.97 bits per heavy atom. The van der Waals surface area contributed by atoms with Crippen LogP contribution in [0.25, 0.3) is 11.3 Å². The van der Waals surface area contributed by atoms with Crippen LogP contribution in [0.4, 0.5) is 10.8 Å². The van der Waals surface area contributed by atoms with Crippen LogP contribution < -0.4 is 15.4 Å². The minimum Gasteiger partial charge on any atom is -0.496 e. The van der Waals surface area contributed by atoms with Gasteiger partial charge in [0.1, 0.15) is 5.75 Å². The zero-order chi connectivity index (χ0) is 22.9. The van der Waals surface area contributed by atoms with E-state index in [9.17, 15) is 9.59 Å². The number of hydrogen-bond donors (Lipinski definition) is 2. The van der Waals surface area contributed by atoms with Gasteiger partial charge in [-0.25, -0.2) is 4.98 Å². The summed E-state index contributed by atoms with van der Waals surface area (Å²) in [7, 11) is 1.62. The number of benzene rings is 2. The monoisotopic (exact) mass is 469 g/mol. The summed E-state index contributed by atoms with van der Waals surface area (Å²) in [5.41, 5.74) is 2.38. The van der Waals surface area contributed by atoms with Crippen LogP contribution in [0, 0.1) is 0 Å². The molecule has 0 aliphatic carbocycles. The molecule has 0 fully saturated rings. The second-order valence-electron chi connectivity index (χ2n) is 7.17. The van der Waals surface area contributed by atoms with Crippen molar-refractivity contribution >= 4 is 45.7 Å². The van der Waals surface area contributed by atoms with Crippen molar-refractivity contribution in [3.63, 3.8) is 0 Å². The van der Waals surface area contributed by atoms with E-state index in [4.69, 9.17) is 4.74 Å². The Kier molecular flexibility index (Phi) is 8.70. The van der Waals surface area contributed by atoms with E-state index in [0.717, 1.165) is 40.4 Å². The van der Waals surface area contributed by atoms with E-state index in [1.165, 1.54) is 23.1 Å². The SMILES string of the molecule is CCCCC(=O)Nc1cccc(SC(C)C(=O)Nc2nc(-c3ccccc3OC)cs2)c1. The largest absolute Gasteiger partial charge is 0.496 e. The molecular formula is C24H27N3O3S2.